The fourth-order valence-electron chi connectivity index (χ4n) is 3.27. The van der Waals surface area contributed by atoms with Gasteiger partial charge in [0.15, 0.2) is 0 Å². The molecule has 130 valence electrons. The molecular weight excluding hydrogens is 314 g/mol. The number of hydrogen-bond donors (Lipinski definition) is 3. The standard InChI is InChI=1S/C20H23N3O2/c21-20(25)15-8-10-16(11-9-15)23-19(24)12-13-22-18-7-3-5-14-4-1-2-6-17(14)18/h1-2,4,6,8-11,18,22H,3,5,7,12-13H2,(H2,21,25)(H,23,24)/t18-/m1/s1. The molecule has 5 heteroatoms. The molecule has 2 aromatic carbocycles. The van der Waals surface area contributed by atoms with Crippen LogP contribution in [0.3, 0.4) is 0 Å². The highest BCUT2D eigenvalue weighted by molar-refractivity contribution is 5.94. The molecule has 2 aromatic rings. The molecule has 0 unspecified atom stereocenters. The number of nitrogens with two attached hydrogens (primary N) is 1. The molecule has 4 N–H and O–H groups in total. The summed E-state index contributed by atoms with van der Waals surface area (Å²) in [5.41, 5.74) is 9.06. The van der Waals surface area contributed by atoms with Crippen molar-refractivity contribution in [3.63, 3.8) is 0 Å². The maximum atomic E-state index is 12.1. The van der Waals surface area contributed by atoms with Gasteiger partial charge in [-0.05, 0) is 54.7 Å². The van der Waals surface area contributed by atoms with Gasteiger partial charge in [0.25, 0.3) is 0 Å². The van der Waals surface area contributed by atoms with E-state index < -0.39 is 5.91 Å². The number of carbonyl (C=O) groups is 2. The summed E-state index contributed by atoms with van der Waals surface area (Å²) in [6, 6.07) is 15.4. The lowest BCUT2D eigenvalue weighted by molar-refractivity contribution is -0.116. The van der Waals surface area contributed by atoms with E-state index in [2.05, 4.69) is 34.9 Å². The molecule has 1 atom stereocenters. The second kappa shape index (κ2) is 7.94. The van der Waals surface area contributed by atoms with Gasteiger partial charge in [-0.15, -0.1) is 0 Å². The molecule has 5 nitrogen and oxygen atoms in total. The van der Waals surface area contributed by atoms with E-state index in [1.54, 1.807) is 24.3 Å². The van der Waals surface area contributed by atoms with Crippen molar-refractivity contribution in [2.75, 3.05) is 11.9 Å². The molecule has 0 aliphatic heterocycles. The number of anilines is 1. The van der Waals surface area contributed by atoms with Crippen LogP contribution < -0.4 is 16.4 Å². The van der Waals surface area contributed by atoms with Gasteiger partial charge in [0, 0.05) is 30.3 Å². The van der Waals surface area contributed by atoms with E-state index in [-0.39, 0.29) is 5.91 Å². The fraction of sp³-hybridized carbons (Fsp3) is 0.300. The summed E-state index contributed by atoms with van der Waals surface area (Å²) >= 11 is 0. The second-order valence-electron chi connectivity index (χ2n) is 6.34. The number of hydrogen-bond acceptors (Lipinski definition) is 3. The van der Waals surface area contributed by atoms with Gasteiger partial charge in [-0.2, -0.15) is 0 Å². The first-order valence-electron chi connectivity index (χ1n) is 8.64. The predicted molar refractivity (Wildman–Crippen MR) is 98.3 cm³/mol. The molecule has 3 rings (SSSR count). The van der Waals surface area contributed by atoms with E-state index in [0.29, 0.717) is 30.3 Å². The van der Waals surface area contributed by atoms with Crippen LogP contribution in [0, 0.1) is 0 Å². The van der Waals surface area contributed by atoms with Crippen LogP contribution in [0.2, 0.25) is 0 Å². The Morgan fingerprint density at radius 3 is 2.60 bits per heavy atom. The number of rotatable bonds is 6. The van der Waals surface area contributed by atoms with Gasteiger partial charge in [0.05, 0.1) is 0 Å². The Morgan fingerprint density at radius 2 is 1.84 bits per heavy atom. The van der Waals surface area contributed by atoms with E-state index in [0.717, 1.165) is 12.8 Å². The van der Waals surface area contributed by atoms with Crippen molar-refractivity contribution in [3.8, 4) is 0 Å². The molecule has 25 heavy (non-hydrogen) atoms. The van der Waals surface area contributed by atoms with Crippen LogP contribution in [-0.2, 0) is 11.2 Å². The number of amides is 2. The third-order valence-electron chi connectivity index (χ3n) is 4.57. The van der Waals surface area contributed by atoms with E-state index in [1.165, 1.54) is 17.5 Å². The molecule has 0 fully saturated rings. The monoisotopic (exact) mass is 337 g/mol. The molecule has 0 saturated heterocycles. The number of carbonyl (C=O) groups excluding carboxylic acids is 2. The fourth-order valence-corrected chi connectivity index (χ4v) is 3.27. The Bertz CT molecular complexity index is 756. The maximum absolute atomic E-state index is 12.1. The zero-order chi connectivity index (χ0) is 17.6. The molecule has 0 bridgehead atoms. The average molecular weight is 337 g/mol. The second-order valence-corrected chi connectivity index (χ2v) is 6.34. The molecule has 0 saturated carbocycles. The first-order valence-corrected chi connectivity index (χ1v) is 8.64. The van der Waals surface area contributed by atoms with E-state index in [9.17, 15) is 9.59 Å². The molecule has 2 amide bonds. The third kappa shape index (κ3) is 4.45. The highest BCUT2D eigenvalue weighted by atomic mass is 16.2. The molecule has 0 heterocycles. The molecular formula is C20H23N3O2. The Balaban J connectivity index is 1.48. The maximum Gasteiger partial charge on any atom is 0.248 e. The summed E-state index contributed by atoms with van der Waals surface area (Å²) in [6.07, 6.45) is 3.81. The van der Waals surface area contributed by atoms with Gasteiger partial charge >= 0.3 is 0 Å². The summed E-state index contributed by atoms with van der Waals surface area (Å²) in [5, 5.41) is 6.33. The molecule has 0 radical (unpaired) electrons. The van der Waals surface area contributed by atoms with E-state index in [1.807, 2.05) is 0 Å². The summed E-state index contributed by atoms with van der Waals surface area (Å²) in [4.78, 5) is 23.1. The Labute approximate surface area is 147 Å². The largest absolute Gasteiger partial charge is 0.366 e. The highest BCUT2D eigenvalue weighted by Gasteiger charge is 2.19. The molecule has 1 aliphatic rings. The van der Waals surface area contributed by atoms with Gasteiger partial charge in [0.2, 0.25) is 11.8 Å². The SMILES string of the molecule is NC(=O)c1ccc(NC(=O)CCN[C@@H]2CCCc3ccccc32)cc1. The van der Waals surface area contributed by atoms with Crippen LogP contribution in [0.4, 0.5) is 5.69 Å². The number of aryl methyl sites for hydroxylation is 1. The molecule has 0 spiro atoms. The topological polar surface area (TPSA) is 84.2 Å². The normalized spacial score (nSPS) is 16.1. The summed E-state index contributed by atoms with van der Waals surface area (Å²) < 4.78 is 0. The quantitative estimate of drug-likeness (QED) is 0.758. The minimum atomic E-state index is -0.477. The first-order chi connectivity index (χ1) is 12.1. The zero-order valence-corrected chi connectivity index (χ0v) is 14.1. The van der Waals surface area contributed by atoms with E-state index >= 15 is 0 Å². The van der Waals surface area contributed by atoms with Crippen LogP contribution in [0.1, 0.15) is 46.8 Å². The lowest BCUT2D eigenvalue weighted by Crippen LogP contribution is -2.28. The lowest BCUT2D eigenvalue weighted by atomic mass is 9.88. The Morgan fingerprint density at radius 1 is 1.08 bits per heavy atom. The van der Waals surface area contributed by atoms with Crippen LogP contribution in [-0.4, -0.2) is 18.4 Å². The van der Waals surface area contributed by atoms with Crippen molar-refractivity contribution >= 4 is 17.5 Å². The van der Waals surface area contributed by atoms with Crippen molar-refractivity contribution in [2.24, 2.45) is 5.73 Å². The summed E-state index contributed by atoms with van der Waals surface area (Å²) in [6.45, 7) is 0.629. The van der Waals surface area contributed by atoms with Crippen molar-refractivity contribution in [1.82, 2.24) is 5.32 Å². The van der Waals surface area contributed by atoms with Gasteiger partial charge in [-0.25, -0.2) is 0 Å². The average Bonchev–Trinajstić information content (AvgIpc) is 2.62. The first kappa shape index (κ1) is 17.2. The van der Waals surface area contributed by atoms with E-state index in [4.69, 9.17) is 5.73 Å². The minimum absolute atomic E-state index is 0.0524. The Hall–Kier alpha value is -2.66. The third-order valence-corrected chi connectivity index (χ3v) is 4.57. The number of nitrogens with one attached hydrogen (secondary N) is 2. The van der Waals surface area contributed by atoms with Gasteiger partial charge in [-0.3, -0.25) is 9.59 Å². The number of fused-ring (bicyclic) bond motifs is 1. The van der Waals surface area contributed by atoms with Gasteiger partial charge in [0.1, 0.15) is 0 Å². The zero-order valence-electron chi connectivity index (χ0n) is 14.1. The summed E-state index contributed by atoms with van der Waals surface area (Å²) in [5.74, 6) is -0.529. The smallest absolute Gasteiger partial charge is 0.248 e. The number of benzene rings is 2. The van der Waals surface area contributed by atoms with Gasteiger partial charge in [-0.1, -0.05) is 24.3 Å². The minimum Gasteiger partial charge on any atom is -0.366 e. The van der Waals surface area contributed by atoms with Crippen molar-refractivity contribution in [1.29, 1.82) is 0 Å². The predicted octanol–water partition coefficient (Wildman–Crippen LogP) is 2.78. The molecule has 0 aromatic heterocycles. The van der Waals surface area contributed by atoms with Crippen LogP contribution >= 0.6 is 0 Å². The van der Waals surface area contributed by atoms with Crippen molar-refractivity contribution < 1.29 is 9.59 Å². The Kier molecular flexibility index (Phi) is 5.46. The van der Waals surface area contributed by atoms with Crippen molar-refractivity contribution in [3.05, 3.63) is 65.2 Å². The van der Waals surface area contributed by atoms with Crippen LogP contribution in [0.15, 0.2) is 48.5 Å². The number of primary amides is 1. The lowest BCUT2D eigenvalue weighted by Gasteiger charge is -2.26. The molecule has 1 aliphatic carbocycles. The van der Waals surface area contributed by atoms with Crippen molar-refractivity contribution in [2.45, 2.75) is 31.7 Å². The highest BCUT2D eigenvalue weighted by Crippen LogP contribution is 2.29. The van der Waals surface area contributed by atoms with Crippen LogP contribution in [0.25, 0.3) is 0 Å². The van der Waals surface area contributed by atoms with Gasteiger partial charge < -0.3 is 16.4 Å². The summed E-state index contributed by atoms with van der Waals surface area (Å²) in [7, 11) is 0. The van der Waals surface area contributed by atoms with Crippen LogP contribution in [0.5, 0.6) is 0 Å².